The van der Waals surface area contributed by atoms with Gasteiger partial charge in [0.15, 0.2) is 11.6 Å². The summed E-state index contributed by atoms with van der Waals surface area (Å²) in [5, 5.41) is 18.5. The molecule has 0 aromatic heterocycles. The highest BCUT2D eigenvalue weighted by atomic mass is 19.2. The Bertz CT molecular complexity index is 487. The van der Waals surface area contributed by atoms with Gasteiger partial charge < -0.3 is 15.1 Å². The number of rotatable bonds is 7. The second-order valence-corrected chi connectivity index (χ2v) is 6.10. The van der Waals surface area contributed by atoms with Gasteiger partial charge in [-0.15, -0.1) is 0 Å². The molecule has 1 heterocycles. The number of likely N-dealkylation sites (N-methyl/N-ethyl adjacent to an activating group) is 1. The van der Waals surface area contributed by atoms with E-state index >= 15 is 0 Å². The zero-order valence-corrected chi connectivity index (χ0v) is 12.9. The van der Waals surface area contributed by atoms with E-state index in [1.807, 2.05) is 11.9 Å². The Kier molecular flexibility index (Phi) is 6.26. The maximum atomic E-state index is 13.8. The largest absolute Gasteiger partial charge is 0.396 e. The highest BCUT2D eigenvalue weighted by Crippen LogP contribution is 2.26. The van der Waals surface area contributed by atoms with Gasteiger partial charge in [0.1, 0.15) is 0 Å². The van der Waals surface area contributed by atoms with Gasteiger partial charge in [-0.2, -0.15) is 0 Å². The zero-order valence-electron chi connectivity index (χ0n) is 12.9. The van der Waals surface area contributed by atoms with Crippen molar-refractivity contribution < 1.29 is 19.0 Å². The molecule has 0 bridgehead atoms. The van der Waals surface area contributed by atoms with Crippen LogP contribution >= 0.6 is 0 Å². The molecule has 4 nitrogen and oxygen atoms in total. The topological polar surface area (TPSA) is 46.9 Å². The summed E-state index contributed by atoms with van der Waals surface area (Å²) >= 11 is 0. The molecule has 1 aromatic carbocycles. The normalized spacial score (nSPS) is 22.6. The number of likely N-dealkylation sites (tertiary alicyclic amines) is 1. The van der Waals surface area contributed by atoms with Crippen molar-refractivity contribution in [3.05, 3.63) is 35.4 Å². The molecule has 6 heteroatoms. The van der Waals surface area contributed by atoms with Gasteiger partial charge in [-0.1, -0.05) is 12.1 Å². The molecule has 1 aromatic rings. The summed E-state index contributed by atoms with van der Waals surface area (Å²) in [5.41, 5.74) is 0.348. The predicted octanol–water partition coefficient (Wildman–Crippen LogP) is 0.929. The van der Waals surface area contributed by atoms with Crippen LogP contribution in [0, 0.1) is 23.5 Å². The van der Waals surface area contributed by atoms with Crippen molar-refractivity contribution in [2.24, 2.45) is 11.8 Å². The molecule has 1 saturated heterocycles. The van der Waals surface area contributed by atoms with E-state index in [1.54, 1.807) is 6.07 Å². The number of aliphatic hydroxyl groups is 2. The molecule has 0 amide bonds. The standard InChI is InChI=1S/C16H24F2N2O2/c1-19(5-6-21)7-13-9-20(10-14(13)11-22)8-12-3-2-4-15(17)16(12)18/h2-4,13-14,21-22H,5-11H2,1H3/t13-,14-/m1/s1. The van der Waals surface area contributed by atoms with Crippen molar-refractivity contribution in [3.63, 3.8) is 0 Å². The van der Waals surface area contributed by atoms with E-state index in [2.05, 4.69) is 4.90 Å². The van der Waals surface area contributed by atoms with Gasteiger partial charge in [0, 0.05) is 44.9 Å². The highest BCUT2D eigenvalue weighted by molar-refractivity contribution is 5.19. The summed E-state index contributed by atoms with van der Waals surface area (Å²) < 4.78 is 27.0. The fraction of sp³-hybridized carbons (Fsp3) is 0.625. The monoisotopic (exact) mass is 314 g/mol. The third-order valence-electron chi connectivity index (χ3n) is 4.34. The minimum absolute atomic E-state index is 0.0831. The fourth-order valence-corrected chi connectivity index (χ4v) is 3.15. The quantitative estimate of drug-likeness (QED) is 0.786. The third-order valence-corrected chi connectivity index (χ3v) is 4.34. The molecule has 124 valence electrons. The number of hydrogen-bond donors (Lipinski definition) is 2. The Morgan fingerprint density at radius 3 is 2.64 bits per heavy atom. The lowest BCUT2D eigenvalue weighted by molar-refractivity contribution is 0.160. The number of hydrogen-bond acceptors (Lipinski definition) is 4. The molecular weight excluding hydrogens is 290 g/mol. The Morgan fingerprint density at radius 1 is 1.23 bits per heavy atom. The van der Waals surface area contributed by atoms with E-state index in [4.69, 9.17) is 5.11 Å². The maximum absolute atomic E-state index is 13.8. The molecule has 2 atom stereocenters. The molecule has 0 saturated carbocycles. The van der Waals surface area contributed by atoms with Crippen molar-refractivity contribution >= 4 is 0 Å². The number of benzene rings is 1. The Hall–Kier alpha value is -1.08. The number of aliphatic hydroxyl groups excluding tert-OH is 2. The van der Waals surface area contributed by atoms with Crippen LogP contribution < -0.4 is 0 Å². The van der Waals surface area contributed by atoms with Crippen LogP contribution in [-0.2, 0) is 6.54 Å². The summed E-state index contributed by atoms with van der Waals surface area (Å²) in [7, 11) is 1.93. The molecule has 0 radical (unpaired) electrons. The van der Waals surface area contributed by atoms with Crippen LogP contribution in [0.4, 0.5) is 8.78 Å². The molecular formula is C16H24F2N2O2. The van der Waals surface area contributed by atoms with Crippen LogP contribution in [0.3, 0.4) is 0 Å². The maximum Gasteiger partial charge on any atom is 0.163 e. The first-order valence-corrected chi connectivity index (χ1v) is 7.60. The fourth-order valence-electron chi connectivity index (χ4n) is 3.15. The van der Waals surface area contributed by atoms with Gasteiger partial charge in [0.2, 0.25) is 0 Å². The van der Waals surface area contributed by atoms with E-state index in [0.717, 1.165) is 19.2 Å². The van der Waals surface area contributed by atoms with Crippen molar-refractivity contribution in [1.29, 1.82) is 0 Å². The lowest BCUT2D eigenvalue weighted by atomic mass is 9.96. The van der Waals surface area contributed by atoms with E-state index in [1.165, 1.54) is 6.07 Å². The van der Waals surface area contributed by atoms with E-state index in [-0.39, 0.29) is 25.0 Å². The van der Waals surface area contributed by atoms with Crippen LogP contribution in [0.15, 0.2) is 18.2 Å². The average molecular weight is 314 g/mol. The van der Waals surface area contributed by atoms with Gasteiger partial charge in [-0.25, -0.2) is 8.78 Å². The van der Waals surface area contributed by atoms with Crippen molar-refractivity contribution in [2.45, 2.75) is 6.54 Å². The Morgan fingerprint density at radius 2 is 1.95 bits per heavy atom. The van der Waals surface area contributed by atoms with Crippen LogP contribution in [0.1, 0.15) is 5.56 Å². The smallest absolute Gasteiger partial charge is 0.163 e. The molecule has 1 aliphatic heterocycles. The molecule has 0 unspecified atom stereocenters. The summed E-state index contributed by atoms with van der Waals surface area (Å²) in [5.74, 6) is -1.23. The first-order valence-electron chi connectivity index (χ1n) is 7.60. The van der Waals surface area contributed by atoms with E-state index < -0.39 is 11.6 Å². The SMILES string of the molecule is CN(CCO)C[C@@H]1CN(Cc2cccc(F)c2F)C[C@@H]1CO. The second kappa shape index (κ2) is 7.97. The molecule has 2 N–H and O–H groups in total. The highest BCUT2D eigenvalue weighted by Gasteiger charge is 2.33. The molecule has 0 aliphatic carbocycles. The van der Waals surface area contributed by atoms with E-state index in [0.29, 0.717) is 25.2 Å². The van der Waals surface area contributed by atoms with Gasteiger partial charge in [0.05, 0.1) is 6.61 Å². The Balaban J connectivity index is 1.97. The minimum Gasteiger partial charge on any atom is -0.396 e. The van der Waals surface area contributed by atoms with Crippen LogP contribution in [-0.4, -0.2) is 66.5 Å². The van der Waals surface area contributed by atoms with Gasteiger partial charge in [0.25, 0.3) is 0 Å². The molecule has 22 heavy (non-hydrogen) atoms. The first-order chi connectivity index (χ1) is 10.5. The molecule has 1 fully saturated rings. The van der Waals surface area contributed by atoms with Gasteiger partial charge >= 0.3 is 0 Å². The van der Waals surface area contributed by atoms with Crippen molar-refractivity contribution in [2.75, 3.05) is 46.4 Å². The summed E-state index contributed by atoms with van der Waals surface area (Å²) in [6.07, 6.45) is 0. The predicted molar refractivity (Wildman–Crippen MR) is 80.3 cm³/mol. The van der Waals surface area contributed by atoms with Gasteiger partial charge in [-0.05, 0) is 24.9 Å². The molecule has 2 rings (SSSR count). The Labute approximate surface area is 130 Å². The van der Waals surface area contributed by atoms with E-state index in [9.17, 15) is 13.9 Å². The zero-order chi connectivity index (χ0) is 16.1. The number of nitrogens with zero attached hydrogens (tertiary/aromatic N) is 2. The number of halogens is 2. The minimum atomic E-state index is -0.824. The summed E-state index contributed by atoms with van der Waals surface area (Å²) in [6.45, 7) is 3.30. The first kappa shape index (κ1) is 17.3. The summed E-state index contributed by atoms with van der Waals surface area (Å²) in [6, 6.07) is 4.23. The summed E-state index contributed by atoms with van der Waals surface area (Å²) in [4.78, 5) is 4.08. The second-order valence-electron chi connectivity index (χ2n) is 6.10. The van der Waals surface area contributed by atoms with Crippen molar-refractivity contribution in [1.82, 2.24) is 9.80 Å². The average Bonchev–Trinajstić information content (AvgIpc) is 2.86. The van der Waals surface area contributed by atoms with Crippen LogP contribution in [0.25, 0.3) is 0 Å². The van der Waals surface area contributed by atoms with Crippen LogP contribution in [0.2, 0.25) is 0 Å². The lowest BCUT2D eigenvalue weighted by Gasteiger charge is -2.23. The molecule has 0 spiro atoms. The third kappa shape index (κ3) is 4.23. The van der Waals surface area contributed by atoms with Crippen molar-refractivity contribution in [3.8, 4) is 0 Å². The molecule has 1 aliphatic rings. The van der Waals surface area contributed by atoms with Crippen LogP contribution in [0.5, 0.6) is 0 Å². The van der Waals surface area contributed by atoms with Gasteiger partial charge in [-0.3, -0.25) is 4.90 Å². The lowest BCUT2D eigenvalue weighted by Crippen LogP contribution is -2.33.